The first-order valence-corrected chi connectivity index (χ1v) is 6.50. The number of nitrogen functional groups attached to an aromatic ring is 1. The van der Waals surface area contributed by atoms with E-state index in [0.29, 0.717) is 16.8 Å². The Labute approximate surface area is 121 Å². The van der Waals surface area contributed by atoms with Crippen molar-refractivity contribution in [1.29, 1.82) is 0 Å². The van der Waals surface area contributed by atoms with Gasteiger partial charge in [0.05, 0.1) is 7.11 Å². The summed E-state index contributed by atoms with van der Waals surface area (Å²) >= 11 is 0. The Balaban J connectivity index is 2.27. The van der Waals surface area contributed by atoms with Crippen LogP contribution in [-0.2, 0) is 20.9 Å². The third-order valence-corrected chi connectivity index (χ3v) is 3.55. The number of carbonyl (C=O) groups excluding carboxylic acids is 3. The van der Waals surface area contributed by atoms with Gasteiger partial charge >= 0.3 is 5.97 Å². The van der Waals surface area contributed by atoms with Crippen molar-refractivity contribution in [3.8, 4) is 0 Å². The molecule has 0 aromatic heterocycles. The molecule has 0 saturated carbocycles. The lowest BCUT2D eigenvalue weighted by Gasteiger charge is -2.25. The molecule has 0 radical (unpaired) electrons. The lowest BCUT2D eigenvalue weighted by Crippen LogP contribution is -2.42. The van der Waals surface area contributed by atoms with Crippen molar-refractivity contribution < 1.29 is 19.1 Å². The lowest BCUT2D eigenvalue weighted by molar-refractivity contribution is -0.146. The van der Waals surface area contributed by atoms with Gasteiger partial charge in [-0.25, -0.2) is 4.79 Å². The number of amides is 2. The van der Waals surface area contributed by atoms with Crippen LogP contribution < -0.4 is 11.5 Å². The molecule has 1 aliphatic heterocycles. The van der Waals surface area contributed by atoms with Crippen molar-refractivity contribution in [2.45, 2.75) is 25.4 Å². The molecule has 0 saturated heterocycles. The zero-order valence-corrected chi connectivity index (χ0v) is 11.7. The third-order valence-electron chi connectivity index (χ3n) is 3.55. The van der Waals surface area contributed by atoms with Gasteiger partial charge in [0.2, 0.25) is 5.91 Å². The molecule has 1 atom stereocenters. The van der Waals surface area contributed by atoms with Gasteiger partial charge in [-0.05, 0) is 18.6 Å². The molecule has 1 aliphatic rings. The van der Waals surface area contributed by atoms with E-state index < -0.39 is 17.9 Å². The van der Waals surface area contributed by atoms with E-state index in [1.54, 1.807) is 18.2 Å². The molecular weight excluding hydrogens is 274 g/mol. The minimum atomic E-state index is -0.846. The topological polar surface area (TPSA) is 116 Å². The van der Waals surface area contributed by atoms with E-state index in [-0.39, 0.29) is 25.3 Å². The molecule has 7 heteroatoms. The molecule has 0 aliphatic carbocycles. The zero-order chi connectivity index (χ0) is 15.6. The highest BCUT2D eigenvalue weighted by atomic mass is 16.5. The van der Waals surface area contributed by atoms with Crippen molar-refractivity contribution in [2.75, 3.05) is 12.8 Å². The first-order chi connectivity index (χ1) is 9.95. The van der Waals surface area contributed by atoms with Crippen LogP contribution >= 0.6 is 0 Å². The summed E-state index contributed by atoms with van der Waals surface area (Å²) in [4.78, 5) is 36.6. The van der Waals surface area contributed by atoms with Gasteiger partial charge in [-0.2, -0.15) is 0 Å². The van der Waals surface area contributed by atoms with Crippen LogP contribution in [0.3, 0.4) is 0 Å². The molecule has 1 aromatic rings. The molecule has 4 N–H and O–H groups in total. The summed E-state index contributed by atoms with van der Waals surface area (Å²) < 4.78 is 4.72. The number of methoxy groups -OCH3 is 1. The largest absolute Gasteiger partial charge is 0.467 e. The van der Waals surface area contributed by atoms with E-state index in [9.17, 15) is 14.4 Å². The van der Waals surface area contributed by atoms with Crippen LogP contribution in [0.5, 0.6) is 0 Å². The Kier molecular flexibility index (Phi) is 4.11. The number of nitrogens with zero attached hydrogens (tertiary/aromatic N) is 1. The highest BCUT2D eigenvalue weighted by Crippen LogP contribution is 2.30. The normalized spacial score (nSPS) is 14.7. The molecular formula is C14H17N3O4. The second-order valence-corrected chi connectivity index (χ2v) is 4.85. The predicted molar refractivity (Wildman–Crippen MR) is 75.0 cm³/mol. The van der Waals surface area contributed by atoms with Gasteiger partial charge < -0.3 is 21.1 Å². The van der Waals surface area contributed by atoms with Crippen molar-refractivity contribution >= 4 is 23.5 Å². The fourth-order valence-electron chi connectivity index (χ4n) is 2.45. The lowest BCUT2D eigenvalue weighted by atomic mass is 10.1. The molecule has 21 heavy (non-hydrogen) atoms. The monoisotopic (exact) mass is 291 g/mol. The van der Waals surface area contributed by atoms with Gasteiger partial charge in [-0.15, -0.1) is 0 Å². The van der Waals surface area contributed by atoms with Crippen molar-refractivity contribution in [1.82, 2.24) is 4.90 Å². The summed E-state index contributed by atoms with van der Waals surface area (Å²) in [6.07, 6.45) is 0.122. The van der Waals surface area contributed by atoms with Crippen molar-refractivity contribution in [3.05, 3.63) is 29.3 Å². The quantitative estimate of drug-likeness (QED) is 0.586. The summed E-state index contributed by atoms with van der Waals surface area (Å²) in [6, 6.07) is 4.20. The van der Waals surface area contributed by atoms with Gasteiger partial charge in [-0.3, -0.25) is 9.59 Å². The highest BCUT2D eigenvalue weighted by molar-refractivity contribution is 6.02. The van der Waals surface area contributed by atoms with E-state index in [1.165, 1.54) is 12.0 Å². The molecule has 0 fully saturated rings. The molecule has 0 bridgehead atoms. The maximum absolute atomic E-state index is 12.4. The number of primary amides is 1. The SMILES string of the molecule is COC(=O)C(CCC(N)=O)N1Cc2c(N)cccc2C1=O. The fourth-order valence-corrected chi connectivity index (χ4v) is 2.45. The van der Waals surface area contributed by atoms with E-state index in [0.717, 1.165) is 0 Å². The van der Waals surface area contributed by atoms with Crippen molar-refractivity contribution in [3.63, 3.8) is 0 Å². The second-order valence-electron chi connectivity index (χ2n) is 4.85. The summed E-state index contributed by atoms with van der Waals surface area (Å²) in [5, 5.41) is 0. The summed E-state index contributed by atoms with van der Waals surface area (Å²) in [6.45, 7) is 0.222. The van der Waals surface area contributed by atoms with Crippen molar-refractivity contribution in [2.24, 2.45) is 5.73 Å². The number of ether oxygens (including phenoxy) is 1. The molecule has 1 unspecified atom stereocenters. The highest BCUT2D eigenvalue weighted by Gasteiger charge is 2.37. The smallest absolute Gasteiger partial charge is 0.328 e. The summed E-state index contributed by atoms with van der Waals surface area (Å²) in [7, 11) is 1.24. The molecule has 1 aromatic carbocycles. The Hall–Kier alpha value is -2.57. The predicted octanol–water partition coefficient (Wildman–Crippen LogP) is 0.0317. The molecule has 7 nitrogen and oxygen atoms in total. The Morgan fingerprint density at radius 3 is 2.71 bits per heavy atom. The minimum Gasteiger partial charge on any atom is -0.467 e. The Morgan fingerprint density at radius 1 is 1.43 bits per heavy atom. The van der Waals surface area contributed by atoms with E-state index in [1.807, 2.05) is 0 Å². The first kappa shape index (κ1) is 14.8. The van der Waals surface area contributed by atoms with Gasteiger partial charge in [0.15, 0.2) is 0 Å². The second kappa shape index (κ2) is 5.82. The Morgan fingerprint density at radius 2 is 2.14 bits per heavy atom. The number of esters is 1. The van der Waals surface area contributed by atoms with Gasteiger partial charge in [0.1, 0.15) is 6.04 Å². The van der Waals surface area contributed by atoms with Crippen LogP contribution in [0.2, 0.25) is 0 Å². The standard InChI is InChI=1S/C14H17N3O4/c1-21-14(20)11(5-6-12(16)18)17-7-9-8(13(17)19)3-2-4-10(9)15/h2-4,11H,5-7,15H2,1H3,(H2,16,18). The maximum atomic E-state index is 12.4. The zero-order valence-electron chi connectivity index (χ0n) is 11.7. The number of hydrogen-bond donors (Lipinski definition) is 2. The minimum absolute atomic E-state index is 0.00459. The summed E-state index contributed by atoms with van der Waals surface area (Å²) in [5.74, 6) is -1.40. The number of rotatable bonds is 5. The average molecular weight is 291 g/mol. The van der Waals surface area contributed by atoms with Crippen LogP contribution in [-0.4, -0.2) is 35.8 Å². The fraction of sp³-hybridized carbons (Fsp3) is 0.357. The van der Waals surface area contributed by atoms with Crippen LogP contribution in [0, 0.1) is 0 Å². The number of carbonyl (C=O) groups is 3. The Bertz CT molecular complexity index is 600. The van der Waals surface area contributed by atoms with Crippen LogP contribution in [0.25, 0.3) is 0 Å². The van der Waals surface area contributed by atoms with E-state index >= 15 is 0 Å². The van der Waals surface area contributed by atoms with E-state index in [2.05, 4.69) is 0 Å². The number of benzene rings is 1. The maximum Gasteiger partial charge on any atom is 0.328 e. The molecule has 0 spiro atoms. The van der Waals surface area contributed by atoms with Gasteiger partial charge in [-0.1, -0.05) is 6.07 Å². The average Bonchev–Trinajstić information content (AvgIpc) is 2.78. The van der Waals surface area contributed by atoms with Gasteiger partial charge in [0.25, 0.3) is 5.91 Å². The third kappa shape index (κ3) is 2.81. The molecule has 2 amide bonds. The number of nitrogens with two attached hydrogens (primary N) is 2. The molecule has 2 rings (SSSR count). The summed E-state index contributed by atoms with van der Waals surface area (Å²) in [5.41, 5.74) is 12.6. The van der Waals surface area contributed by atoms with Crippen LogP contribution in [0.1, 0.15) is 28.8 Å². The first-order valence-electron chi connectivity index (χ1n) is 6.50. The number of hydrogen-bond acceptors (Lipinski definition) is 5. The van der Waals surface area contributed by atoms with Crippen LogP contribution in [0.15, 0.2) is 18.2 Å². The number of fused-ring (bicyclic) bond motifs is 1. The molecule has 112 valence electrons. The molecule has 1 heterocycles. The van der Waals surface area contributed by atoms with E-state index in [4.69, 9.17) is 16.2 Å². The van der Waals surface area contributed by atoms with Crippen LogP contribution in [0.4, 0.5) is 5.69 Å². The van der Waals surface area contributed by atoms with Gasteiger partial charge in [0, 0.05) is 29.8 Å². The number of anilines is 1.